The number of aliphatic hydroxyl groups excluding tert-OH is 1. The highest BCUT2D eigenvalue weighted by atomic mass is 79.9. The Bertz CT molecular complexity index is 521. The molecule has 3 rings (SSSR count). The van der Waals surface area contributed by atoms with Gasteiger partial charge in [-0.25, -0.2) is 0 Å². The molecule has 1 N–H and O–H groups in total. The van der Waals surface area contributed by atoms with Crippen LogP contribution >= 0.6 is 15.9 Å². The first-order valence-corrected chi connectivity index (χ1v) is 6.06. The number of furan rings is 1. The summed E-state index contributed by atoms with van der Waals surface area (Å²) in [6.45, 7) is 1.85. The Labute approximate surface area is 101 Å². The van der Waals surface area contributed by atoms with Crippen molar-refractivity contribution in [2.24, 2.45) is 5.41 Å². The summed E-state index contributed by atoms with van der Waals surface area (Å²) in [5, 5.41) is 9.24. The second-order valence-corrected chi connectivity index (χ2v) is 5.35. The lowest BCUT2D eigenvalue weighted by Gasteiger charge is -2.22. The molecule has 1 aromatic rings. The molecule has 0 aromatic carbocycles. The summed E-state index contributed by atoms with van der Waals surface area (Å²) in [5.74, 6) is 0.686. The van der Waals surface area contributed by atoms with Crippen LogP contribution in [-0.4, -0.2) is 10.9 Å². The molecule has 0 saturated heterocycles. The predicted molar refractivity (Wildman–Crippen MR) is 61.6 cm³/mol. The minimum Gasteiger partial charge on any atom is -0.515 e. The van der Waals surface area contributed by atoms with Gasteiger partial charge in [-0.2, -0.15) is 0 Å². The molecule has 1 saturated carbocycles. The van der Waals surface area contributed by atoms with Crippen molar-refractivity contribution in [1.29, 1.82) is 0 Å². The van der Waals surface area contributed by atoms with Crippen LogP contribution in [0.3, 0.4) is 0 Å². The van der Waals surface area contributed by atoms with E-state index >= 15 is 0 Å². The van der Waals surface area contributed by atoms with Crippen molar-refractivity contribution in [3.63, 3.8) is 0 Å². The normalized spacial score (nSPS) is 23.9. The lowest BCUT2D eigenvalue weighted by molar-refractivity contribution is 0.0999. The maximum absolute atomic E-state index is 12.2. The molecular weight excluding hydrogens is 272 g/mol. The fourth-order valence-electron chi connectivity index (χ4n) is 2.54. The van der Waals surface area contributed by atoms with Crippen molar-refractivity contribution in [2.45, 2.75) is 26.2 Å². The molecule has 0 bridgehead atoms. The molecule has 1 heterocycles. The molecule has 0 aliphatic heterocycles. The lowest BCUT2D eigenvalue weighted by atomic mass is 9.79. The highest BCUT2D eigenvalue weighted by Gasteiger charge is 2.53. The van der Waals surface area contributed by atoms with Gasteiger partial charge >= 0.3 is 0 Å². The van der Waals surface area contributed by atoms with Crippen molar-refractivity contribution in [2.75, 3.05) is 0 Å². The van der Waals surface area contributed by atoms with Crippen LogP contribution in [0.1, 0.15) is 34.5 Å². The molecule has 2 aliphatic rings. The number of Topliss-reactive ketones (excluding diaryl/α,β-unsaturated/α-hetero) is 1. The highest BCUT2D eigenvalue weighted by molar-refractivity contribution is 9.10. The molecule has 0 radical (unpaired) electrons. The third kappa shape index (κ3) is 1.11. The SMILES string of the molecule is Cc1c(Br)oc2c1C(=O)C(=CO)C1(CC1)C2. The summed E-state index contributed by atoms with van der Waals surface area (Å²) >= 11 is 3.30. The van der Waals surface area contributed by atoms with Gasteiger partial charge in [0.1, 0.15) is 5.76 Å². The van der Waals surface area contributed by atoms with Gasteiger partial charge in [-0.15, -0.1) is 0 Å². The third-order valence-corrected chi connectivity index (χ3v) is 4.44. The van der Waals surface area contributed by atoms with E-state index in [9.17, 15) is 9.90 Å². The van der Waals surface area contributed by atoms with Crippen molar-refractivity contribution >= 4 is 21.7 Å². The van der Waals surface area contributed by atoms with Gasteiger partial charge in [0.2, 0.25) is 0 Å². The maximum Gasteiger partial charge on any atom is 0.196 e. The minimum atomic E-state index is -0.136. The van der Waals surface area contributed by atoms with E-state index in [4.69, 9.17) is 4.42 Å². The molecule has 0 amide bonds. The maximum atomic E-state index is 12.2. The molecule has 0 atom stereocenters. The molecule has 3 nitrogen and oxygen atoms in total. The van der Waals surface area contributed by atoms with Crippen LogP contribution in [0.4, 0.5) is 0 Å². The number of aliphatic hydroxyl groups is 1. The smallest absolute Gasteiger partial charge is 0.196 e. The fourth-order valence-corrected chi connectivity index (χ4v) is 2.93. The van der Waals surface area contributed by atoms with E-state index < -0.39 is 0 Å². The first-order chi connectivity index (χ1) is 7.59. The zero-order valence-electron chi connectivity index (χ0n) is 8.84. The highest BCUT2D eigenvalue weighted by Crippen LogP contribution is 2.58. The van der Waals surface area contributed by atoms with Gasteiger partial charge in [0.25, 0.3) is 0 Å². The van der Waals surface area contributed by atoms with E-state index in [1.807, 2.05) is 6.92 Å². The van der Waals surface area contributed by atoms with Gasteiger partial charge in [0.15, 0.2) is 10.5 Å². The Hall–Kier alpha value is -1.03. The van der Waals surface area contributed by atoms with Crippen molar-refractivity contribution < 1.29 is 14.3 Å². The molecule has 1 aromatic heterocycles. The van der Waals surface area contributed by atoms with E-state index in [2.05, 4.69) is 15.9 Å². The van der Waals surface area contributed by atoms with Crippen LogP contribution in [-0.2, 0) is 6.42 Å². The second kappa shape index (κ2) is 3.00. The van der Waals surface area contributed by atoms with Crippen molar-refractivity contribution in [3.05, 3.63) is 33.4 Å². The molecule has 16 heavy (non-hydrogen) atoms. The molecule has 1 fully saturated rings. The van der Waals surface area contributed by atoms with Gasteiger partial charge in [-0.3, -0.25) is 4.79 Å². The second-order valence-electron chi connectivity index (χ2n) is 4.63. The quantitative estimate of drug-likeness (QED) is 0.587. The molecule has 2 aliphatic carbocycles. The number of carbonyl (C=O) groups is 1. The Morgan fingerprint density at radius 3 is 2.75 bits per heavy atom. The predicted octanol–water partition coefficient (Wildman–Crippen LogP) is 3.31. The van der Waals surface area contributed by atoms with Gasteiger partial charge in [0.05, 0.1) is 11.8 Å². The zero-order chi connectivity index (χ0) is 11.5. The first-order valence-electron chi connectivity index (χ1n) is 5.26. The Balaban J connectivity index is 2.22. The number of allylic oxidation sites excluding steroid dienone is 1. The number of rotatable bonds is 0. The zero-order valence-corrected chi connectivity index (χ0v) is 10.4. The van der Waals surface area contributed by atoms with E-state index in [1.54, 1.807) is 0 Å². The molecule has 4 heteroatoms. The van der Waals surface area contributed by atoms with Crippen LogP contribution in [0.2, 0.25) is 0 Å². The van der Waals surface area contributed by atoms with E-state index in [0.717, 1.165) is 36.8 Å². The molecule has 0 unspecified atom stereocenters. The first kappa shape index (κ1) is 10.1. The summed E-state index contributed by atoms with van der Waals surface area (Å²) in [4.78, 5) is 12.2. The van der Waals surface area contributed by atoms with Gasteiger partial charge < -0.3 is 9.52 Å². The van der Waals surface area contributed by atoms with Crippen LogP contribution < -0.4 is 0 Å². The number of hydrogen-bond donors (Lipinski definition) is 1. The number of carbonyl (C=O) groups excluding carboxylic acids is 1. The van der Waals surface area contributed by atoms with Gasteiger partial charge in [-0.05, 0) is 35.7 Å². The largest absolute Gasteiger partial charge is 0.515 e. The summed E-state index contributed by atoms with van der Waals surface area (Å²) in [6, 6.07) is 0. The Morgan fingerprint density at radius 1 is 1.50 bits per heavy atom. The number of halogens is 1. The third-order valence-electron chi connectivity index (χ3n) is 3.69. The molecule has 84 valence electrons. The number of ketones is 1. The monoisotopic (exact) mass is 282 g/mol. The molecular formula is C12H11BrO3. The average molecular weight is 283 g/mol. The lowest BCUT2D eigenvalue weighted by Crippen LogP contribution is -2.24. The van der Waals surface area contributed by atoms with Crippen molar-refractivity contribution in [3.8, 4) is 0 Å². The van der Waals surface area contributed by atoms with Gasteiger partial charge in [-0.1, -0.05) is 0 Å². The number of hydrogen-bond acceptors (Lipinski definition) is 3. The summed E-state index contributed by atoms with van der Waals surface area (Å²) in [5.41, 5.74) is 1.87. The average Bonchev–Trinajstić information content (AvgIpc) is 2.91. The van der Waals surface area contributed by atoms with Gasteiger partial charge in [0, 0.05) is 23.0 Å². The van der Waals surface area contributed by atoms with Crippen molar-refractivity contribution in [1.82, 2.24) is 0 Å². The summed E-state index contributed by atoms with van der Waals surface area (Å²) < 4.78 is 6.19. The standard InChI is InChI=1S/C12H11BrO3/c1-6-9-8(16-11(6)13)4-12(2-3-12)7(5-14)10(9)15/h5,14H,2-4H2,1H3. The summed E-state index contributed by atoms with van der Waals surface area (Å²) in [7, 11) is 0. The Kier molecular flexibility index (Phi) is 1.90. The minimum absolute atomic E-state index is 0.0757. The van der Waals surface area contributed by atoms with Crippen LogP contribution in [0, 0.1) is 12.3 Å². The van der Waals surface area contributed by atoms with E-state index in [1.165, 1.54) is 0 Å². The van der Waals surface area contributed by atoms with Crippen LogP contribution in [0.5, 0.6) is 0 Å². The Morgan fingerprint density at radius 2 is 2.19 bits per heavy atom. The van der Waals surface area contributed by atoms with Crippen LogP contribution in [0.25, 0.3) is 0 Å². The topological polar surface area (TPSA) is 50.4 Å². The van der Waals surface area contributed by atoms with E-state index in [-0.39, 0.29) is 11.2 Å². The van der Waals surface area contributed by atoms with E-state index in [0.29, 0.717) is 15.8 Å². The van der Waals surface area contributed by atoms with Crippen LogP contribution in [0.15, 0.2) is 20.9 Å². The fraction of sp³-hybridized carbons (Fsp3) is 0.417. The number of fused-ring (bicyclic) bond motifs is 1. The molecule has 1 spiro atoms. The summed E-state index contributed by atoms with van der Waals surface area (Å²) in [6.07, 6.45) is 3.63.